The van der Waals surface area contributed by atoms with Crippen LogP contribution in [-0.2, 0) is 0 Å². The maximum absolute atomic E-state index is 5.10. The van der Waals surface area contributed by atoms with E-state index in [0.717, 1.165) is 41.0 Å². The summed E-state index contributed by atoms with van der Waals surface area (Å²) < 4.78 is 2.27. The number of nitrogens with zero attached hydrogens (tertiary/aromatic N) is 2. The van der Waals surface area contributed by atoms with Crippen molar-refractivity contribution in [3.8, 4) is 39.3 Å². The molecule has 0 radical (unpaired) electrons. The molecular formula is C43H30N2. The molecule has 0 fully saturated rings. The Labute approximate surface area is 261 Å². The molecule has 0 amide bonds. The summed E-state index contributed by atoms with van der Waals surface area (Å²) >= 11 is 0. The van der Waals surface area contributed by atoms with Crippen molar-refractivity contribution in [1.29, 1.82) is 0 Å². The van der Waals surface area contributed by atoms with Gasteiger partial charge in [-0.05, 0) is 97.4 Å². The van der Waals surface area contributed by atoms with E-state index in [0.29, 0.717) is 0 Å². The van der Waals surface area contributed by atoms with Gasteiger partial charge in [-0.2, -0.15) is 0 Å². The molecule has 45 heavy (non-hydrogen) atoms. The summed E-state index contributed by atoms with van der Waals surface area (Å²) in [5, 5.41) is 7.81. The molecule has 7 aromatic carbocycles. The van der Waals surface area contributed by atoms with Gasteiger partial charge in [0.2, 0.25) is 0 Å². The topological polar surface area (TPSA) is 17.8 Å². The molecule has 0 N–H and O–H groups in total. The zero-order valence-electron chi connectivity index (χ0n) is 24.8. The molecule has 2 nitrogen and oxygen atoms in total. The Balaban J connectivity index is 1.25. The third-order valence-corrected chi connectivity index (χ3v) is 9.20. The highest BCUT2D eigenvalue weighted by molar-refractivity contribution is 6.07. The summed E-state index contributed by atoms with van der Waals surface area (Å²) in [6.45, 7) is 0. The summed E-state index contributed by atoms with van der Waals surface area (Å²) in [5.74, 6) is 0.951. The number of imidazole rings is 1. The first-order valence-corrected chi connectivity index (χ1v) is 15.7. The largest absolute Gasteiger partial charge is 0.292 e. The fourth-order valence-electron chi connectivity index (χ4n) is 7.17. The van der Waals surface area contributed by atoms with E-state index in [1.54, 1.807) is 0 Å². The van der Waals surface area contributed by atoms with Gasteiger partial charge in [-0.3, -0.25) is 4.57 Å². The molecule has 9 rings (SSSR count). The Kier molecular flexibility index (Phi) is 5.99. The minimum atomic E-state index is 0.951. The van der Waals surface area contributed by atoms with Gasteiger partial charge < -0.3 is 0 Å². The number of fused-ring (bicyclic) bond motifs is 4. The first kappa shape index (κ1) is 25.7. The Bertz CT molecular complexity index is 2520. The molecule has 2 heteroatoms. The summed E-state index contributed by atoms with van der Waals surface area (Å²) in [6.07, 6.45) is 7.01. The summed E-state index contributed by atoms with van der Waals surface area (Å²) in [5.41, 5.74) is 9.45. The van der Waals surface area contributed by atoms with E-state index < -0.39 is 0 Å². The smallest absolute Gasteiger partial charge is 0.145 e. The van der Waals surface area contributed by atoms with Gasteiger partial charge in [-0.15, -0.1) is 0 Å². The average Bonchev–Trinajstić information content (AvgIpc) is 3.50. The summed E-state index contributed by atoms with van der Waals surface area (Å²) in [4.78, 5) is 5.10. The van der Waals surface area contributed by atoms with Crippen molar-refractivity contribution in [1.82, 2.24) is 9.55 Å². The van der Waals surface area contributed by atoms with Crippen molar-refractivity contribution in [2.75, 3.05) is 0 Å². The minimum absolute atomic E-state index is 0.951. The minimum Gasteiger partial charge on any atom is -0.292 e. The number of para-hydroxylation sites is 3. The number of hydrogen-bond donors (Lipinski definition) is 0. The molecular weight excluding hydrogens is 544 g/mol. The molecule has 1 aromatic heterocycles. The molecule has 0 aliphatic heterocycles. The second-order valence-corrected chi connectivity index (χ2v) is 11.8. The quantitative estimate of drug-likeness (QED) is 0.205. The molecule has 1 aliphatic carbocycles. The van der Waals surface area contributed by atoms with E-state index in [2.05, 4.69) is 162 Å². The van der Waals surface area contributed by atoms with Gasteiger partial charge >= 0.3 is 0 Å². The standard InChI is InChI=1S/C43H30N2/c1-2-14-34(15-3-1)45-40-21-11-10-20-39(40)44-43(45)31-25-23-30(24-26-31)41-35-16-6-8-18-37(35)42(38-19-9-7-17-36(38)41)33-27-22-29-12-4-5-13-32(29)28-33/h1-6,8,10-28H,7,9H2. The summed E-state index contributed by atoms with van der Waals surface area (Å²) in [6, 6.07) is 52.4. The second-order valence-electron chi connectivity index (χ2n) is 11.8. The predicted octanol–water partition coefficient (Wildman–Crippen LogP) is 9.69. The molecule has 0 saturated carbocycles. The number of rotatable bonds is 4. The van der Waals surface area contributed by atoms with Crippen molar-refractivity contribution in [2.24, 2.45) is 0 Å². The van der Waals surface area contributed by atoms with Crippen LogP contribution < -0.4 is 10.4 Å². The normalized spacial score (nSPS) is 12.6. The van der Waals surface area contributed by atoms with Crippen molar-refractivity contribution < 1.29 is 0 Å². The van der Waals surface area contributed by atoms with Crippen LogP contribution in [0.15, 0.2) is 146 Å². The first-order valence-electron chi connectivity index (χ1n) is 15.7. The second kappa shape index (κ2) is 10.5. The van der Waals surface area contributed by atoms with Crippen LogP contribution in [0.25, 0.3) is 84.1 Å². The van der Waals surface area contributed by atoms with Gasteiger partial charge in [0, 0.05) is 11.3 Å². The SMILES string of the molecule is C1=c2c(-c3ccc(-c4nc5ccccc5n4-c4ccccc4)cc3)c3ccccc3c(-c3ccc4ccccc4c3)c2=CCC1. The maximum Gasteiger partial charge on any atom is 0.145 e. The van der Waals surface area contributed by atoms with Gasteiger partial charge in [0.25, 0.3) is 0 Å². The fourth-order valence-corrected chi connectivity index (χ4v) is 7.17. The van der Waals surface area contributed by atoms with Crippen LogP contribution in [-0.4, -0.2) is 9.55 Å². The van der Waals surface area contributed by atoms with Crippen molar-refractivity contribution in [3.63, 3.8) is 0 Å². The molecule has 0 spiro atoms. The molecule has 1 aliphatic rings. The van der Waals surface area contributed by atoms with Crippen molar-refractivity contribution in [3.05, 3.63) is 156 Å². The Morgan fingerprint density at radius 3 is 1.80 bits per heavy atom. The predicted molar refractivity (Wildman–Crippen MR) is 190 cm³/mol. The molecule has 1 heterocycles. The molecule has 0 saturated heterocycles. The van der Waals surface area contributed by atoms with E-state index in [4.69, 9.17) is 4.98 Å². The molecule has 0 atom stereocenters. The lowest BCUT2D eigenvalue weighted by atomic mass is 9.86. The van der Waals surface area contributed by atoms with Crippen molar-refractivity contribution in [2.45, 2.75) is 12.8 Å². The van der Waals surface area contributed by atoms with E-state index in [9.17, 15) is 0 Å². The molecule has 212 valence electrons. The van der Waals surface area contributed by atoms with E-state index in [-0.39, 0.29) is 0 Å². The highest BCUT2D eigenvalue weighted by Crippen LogP contribution is 2.35. The fraction of sp³-hybridized carbons (Fsp3) is 0.0465. The number of aromatic nitrogens is 2. The maximum atomic E-state index is 5.10. The van der Waals surface area contributed by atoms with Crippen LogP contribution in [0.4, 0.5) is 0 Å². The van der Waals surface area contributed by atoms with Crippen LogP contribution in [0.1, 0.15) is 12.8 Å². The van der Waals surface area contributed by atoms with Crippen LogP contribution in [0.3, 0.4) is 0 Å². The van der Waals surface area contributed by atoms with Gasteiger partial charge in [-0.25, -0.2) is 4.98 Å². The van der Waals surface area contributed by atoms with Crippen LogP contribution in [0, 0.1) is 0 Å². The van der Waals surface area contributed by atoms with Gasteiger partial charge in [0.05, 0.1) is 11.0 Å². The van der Waals surface area contributed by atoms with Gasteiger partial charge in [0.1, 0.15) is 5.82 Å². The van der Waals surface area contributed by atoms with Crippen molar-refractivity contribution >= 4 is 44.7 Å². The molecule has 0 unspecified atom stereocenters. The lowest BCUT2D eigenvalue weighted by Gasteiger charge is -2.18. The third kappa shape index (κ3) is 4.22. The third-order valence-electron chi connectivity index (χ3n) is 9.20. The first-order chi connectivity index (χ1) is 22.3. The zero-order chi connectivity index (χ0) is 29.7. The number of hydrogen-bond acceptors (Lipinski definition) is 1. The van der Waals surface area contributed by atoms with Crippen LogP contribution >= 0.6 is 0 Å². The van der Waals surface area contributed by atoms with E-state index >= 15 is 0 Å². The number of benzene rings is 7. The van der Waals surface area contributed by atoms with E-state index in [1.807, 2.05) is 0 Å². The lowest BCUT2D eigenvalue weighted by Crippen LogP contribution is -2.31. The monoisotopic (exact) mass is 574 g/mol. The average molecular weight is 575 g/mol. The molecule has 0 bridgehead atoms. The Morgan fingerprint density at radius 1 is 0.467 bits per heavy atom. The Morgan fingerprint density at radius 2 is 1.04 bits per heavy atom. The lowest BCUT2D eigenvalue weighted by molar-refractivity contribution is 1.10. The van der Waals surface area contributed by atoms with Crippen LogP contribution in [0.5, 0.6) is 0 Å². The van der Waals surface area contributed by atoms with E-state index in [1.165, 1.54) is 54.2 Å². The highest BCUT2D eigenvalue weighted by Gasteiger charge is 2.18. The Hall–Kier alpha value is -5.73. The molecule has 8 aromatic rings. The van der Waals surface area contributed by atoms with Gasteiger partial charge in [-0.1, -0.05) is 127 Å². The van der Waals surface area contributed by atoms with Crippen LogP contribution in [0.2, 0.25) is 0 Å². The van der Waals surface area contributed by atoms with Gasteiger partial charge in [0.15, 0.2) is 0 Å². The highest BCUT2D eigenvalue weighted by atomic mass is 15.1. The zero-order valence-corrected chi connectivity index (χ0v) is 24.8. The summed E-state index contributed by atoms with van der Waals surface area (Å²) in [7, 11) is 0.